The molecule has 0 fully saturated rings. The largest absolute Gasteiger partial charge is 0.481 e. The molecule has 19 heavy (non-hydrogen) atoms. The van der Waals surface area contributed by atoms with Gasteiger partial charge in [0.15, 0.2) is 0 Å². The van der Waals surface area contributed by atoms with Crippen molar-refractivity contribution in [2.45, 2.75) is 37.4 Å². The summed E-state index contributed by atoms with van der Waals surface area (Å²) in [7, 11) is -3.72. The van der Waals surface area contributed by atoms with Crippen LogP contribution in [0.3, 0.4) is 0 Å². The molecule has 0 saturated heterocycles. The van der Waals surface area contributed by atoms with Crippen LogP contribution in [-0.4, -0.2) is 25.5 Å². The average Bonchev–Trinajstić information content (AvgIpc) is 2.61. The molecular weight excluding hydrogens is 354 g/mol. The van der Waals surface area contributed by atoms with Crippen LogP contribution in [0.1, 0.15) is 27.2 Å². The Balaban J connectivity index is 3.03. The highest BCUT2D eigenvalue weighted by Gasteiger charge is 2.32. The summed E-state index contributed by atoms with van der Waals surface area (Å²) in [6, 6.07) is 0.965. The molecule has 1 atom stereocenters. The molecule has 1 aromatic heterocycles. The summed E-state index contributed by atoms with van der Waals surface area (Å²) in [5, 5.41) is 10.5. The zero-order valence-electron chi connectivity index (χ0n) is 10.8. The van der Waals surface area contributed by atoms with E-state index in [2.05, 4.69) is 20.7 Å². The predicted molar refractivity (Wildman–Crippen MR) is 77.8 cm³/mol. The lowest BCUT2D eigenvalue weighted by Gasteiger charge is -2.29. The first kappa shape index (κ1) is 16.6. The Morgan fingerprint density at radius 2 is 2.11 bits per heavy atom. The monoisotopic (exact) mass is 369 g/mol. The van der Waals surface area contributed by atoms with Crippen LogP contribution in [0.5, 0.6) is 0 Å². The Hall–Kier alpha value is -0.440. The molecule has 8 heteroatoms. The molecule has 0 aliphatic rings. The molecule has 0 spiro atoms. The minimum absolute atomic E-state index is 0.159. The Bertz CT molecular complexity index is 559. The van der Waals surface area contributed by atoms with Crippen molar-refractivity contribution in [3.63, 3.8) is 0 Å². The third-order valence-electron chi connectivity index (χ3n) is 2.55. The van der Waals surface area contributed by atoms with E-state index in [9.17, 15) is 13.2 Å². The molecule has 1 heterocycles. The van der Waals surface area contributed by atoms with Crippen LogP contribution < -0.4 is 4.72 Å². The second-order valence-corrected chi connectivity index (χ2v) is 8.87. The quantitative estimate of drug-likeness (QED) is 0.835. The number of halogens is 1. The summed E-state index contributed by atoms with van der Waals surface area (Å²) in [6.45, 7) is 5.39. The topological polar surface area (TPSA) is 83.5 Å². The van der Waals surface area contributed by atoms with Gasteiger partial charge in [0.1, 0.15) is 4.21 Å². The Morgan fingerprint density at radius 1 is 1.53 bits per heavy atom. The van der Waals surface area contributed by atoms with E-state index in [0.29, 0.717) is 4.47 Å². The molecule has 0 aliphatic heterocycles. The molecule has 0 aromatic carbocycles. The summed E-state index contributed by atoms with van der Waals surface area (Å²) in [5.74, 6) is -1.03. The summed E-state index contributed by atoms with van der Waals surface area (Å²) in [4.78, 5) is 10.9. The summed E-state index contributed by atoms with van der Waals surface area (Å²) in [6.07, 6.45) is -0.258. The van der Waals surface area contributed by atoms with Crippen molar-refractivity contribution in [3.8, 4) is 0 Å². The van der Waals surface area contributed by atoms with Crippen LogP contribution in [0.2, 0.25) is 0 Å². The van der Waals surface area contributed by atoms with Gasteiger partial charge in [0.2, 0.25) is 0 Å². The van der Waals surface area contributed by atoms with Gasteiger partial charge in [0, 0.05) is 10.5 Å². The Labute approximate surface area is 125 Å². The molecule has 5 nitrogen and oxygen atoms in total. The fraction of sp³-hybridized carbons (Fsp3) is 0.545. The SMILES string of the molecule is CC(C)(C)C(CC(=O)O)NS(=O)(=O)c1sccc1Br. The van der Waals surface area contributed by atoms with Crippen molar-refractivity contribution in [1.29, 1.82) is 0 Å². The number of hydrogen-bond acceptors (Lipinski definition) is 4. The number of aliphatic carboxylic acids is 1. The Morgan fingerprint density at radius 3 is 2.47 bits per heavy atom. The number of sulfonamides is 1. The van der Waals surface area contributed by atoms with Crippen molar-refractivity contribution in [1.82, 2.24) is 4.72 Å². The van der Waals surface area contributed by atoms with E-state index in [1.54, 1.807) is 32.2 Å². The molecule has 0 amide bonds. The van der Waals surface area contributed by atoms with Gasteiger partial charge < -0.3 is 5.11 Å². The normalized spacial score (nSPS) is 14.3. The third-order valence-corrected chi connectivity index (χ3v) is 6.69. The maximum absolute atomic E-state index is 12.2. The van der Waals surface area contributed by atoms with E-state index in [1.807, 2.05) is 0 Å². The van der Waals surface area contributed by atoms with Gasteiger partial charge in [0.05, 0.1) is 6.42 Å². The van der Waals surface area contributed by atoms with E-state index in [1.165, 1.54) is 0 Å². The minimum atomic E-state index is -3.72. The van der Waals surface area contributed by atoms with Crippen LogP contribution in [0, 0.1) is 5.41 Å². The van der Waals surface area contributed by atoms with Crippen LogP contribution >= 0.6 is 27.3 Å². The van der Waals surface area contributed by atoms with Crippen molar-refractivity contribution < 1.29 is 18.3 Å². The number of nitrogens with one attached hydrogen (secondary N) is 1. The van der Waals surface area contributed by atoms with Crippen molar-refractivity contribution in [2.24, 2.45) is 5.41 Å². The van der Waals surface area contributed by atoms with Gasteiger partial charge in [-0.05, 0) is 32.8 Å². The average molecular weight is 370 g/mol. The molecule has 1 aromatic rings. The summed E-state index contributed by atoms with van der Waals surface area (Å²) < 4.78 is 27.6. The van der Waals surface area contributed by atoms with E-state index in [-0.39, 0.29) is 10.6 Å². The van der Waals surface area contributed by atoms with Gasteiger partial charge in [-0.25, -0.2) is 13.1 Å². The number of carboxylic acid groups (broad SMARTS) is 1. The van der Waals surface area contributed by atoms with E-state index in [0.717, 1.165) is 11.3 Å². The fourth-order valence-electron chi connectivity index (χ4n) is 1.41. The molecule has 0 saturated carbocycles. The molecule has 0 radical (unpaired) electrons. The van der Waals surface area contributed by atoms with Crippen LogP contribution in [-0.2, 0) is 14.8 Å². The lowest BCUT2D eigenvalue weighted by Crippen LogP contribution is -2.44. The van der Waals surface area contributed by atoms with Crippen LogP contribution in [0.15, 0.2) is 20.1 Å². The van der Waals surface area contributed by atoms with E-state index >= 15 is 0 Å². The maximum atomic E-state index is 12.2. The molecule has 1 rings (SSSR count). The van der Waals surface area contributed by atoms with Crippen LogP contribution in [0.4, 0.5) is 0 Å². The van der Waals surface area contributed by atoms with Gasteiger partial charge >= 0.3 is 5.97 Å². The Kier molecular flexibility index (Phi) is 5.16. The first-order valence-corrected chi connectivity index (χ1v) is 8.67. The smallest absolute Gasteiger partial charge is 0.304 e. The predicted octanol–water partition coefficient (Wildman–Crippen LogP) is 2.68. The van der Waals surface area contributed by atoms with Gasteiger partial charge in [-0.1, -0.05) is 20.8 Å². The highest BCUT2D eigenvalue weighted by atomic mass is 79.9. The highest BCUT2D eigenvalue weighted by Crippen LogP contribution is 2.30. The van der Waals surface area contributed by atoms with Gasteiger partial charge in [-0.2, -0.15) is 0 Å². The fourth-order valence-corrected chi connectivity index (χ4v) is 5.21. The van der Waals surface area contributed by atoms with E-state index < -0.39 is 27.4 Å². The lowest BCUT2D eigenvalue weighted by molar-refractivity contribution is -0.138. The molecule has 0 bridgehead atoms. The number of hydrogen-bond donors (Lipinski definition) is 2. The molecule has 0 aliphatic carbocycles. The van der Waals surface area contributed by atoms with Gasteiger partial charge in [0.25, 0.3) is 10.0 Å². The first-order chi connectivity index (χ1) is 8.54. The second-order valence-electron chi connectivity index (χ2n) is 5.19. The zero-order chi connectivity index (χ0) is 14.8. The zero-order valence-corrected chi connectivity index (χ0v) is 14.0. The highest BCUT2D eigenvalue weighted by molar-refractivity contribution is 9.10. The third kappa shape index (κ3) is 4.55. The summed E-state index contributed by atoms with van der Waals surface area (Å²) >= 11 is 4.25. The molecule has 108 valence electrons. The summed E-state index contributed by atoms with van der Waals surface area (Å²) in [5.41, 5.74) is -0.491. The maximum Gasteiger partial charge on any atom is 0.304 e. The van der Waals surface area contributed by atoms with Crippen molar-refractivity contribution in [2.75, 3.05) is 0 Å². The van der Waals surface area contributed by atoms with E-state index in [4.69, 9.17) is 5.11 Å². The van der Waals surface area contributed by atoms with Gasteiger partial charge in [-0.15, -0.1) is 11.3 Å². The van der Waals surface area contributed by atoms with Crippen molar-refractivity contribution in [3.05, 3.63) is 15.9 Å². The van der Waals surface area contributed by atoms with Crippen LogP contribution in [0.25, 0.3) is 0 Å². The van der Waals surface area contributed by atoms with Crippen molar-refractivity contribution >= 4 is 43.3 Å². The molecular formula is C11H16BrNO4S2. The standard InChI is InChI=1S/C11H16BrNO4S2/c1-11(2,3)8(6-9(14)15)13-19(16,17)10-7(12)4-5-18-10/h4-5,8,13H,6H2,1-3H3,(H,14,15). The number of rotatable bonds is 5. The second kappa shape index (κ2) is 5.90. The minimum Gasteiger partial charge on any atom is -0.481 e. The number of carbonyl (C=O) groups is 1. The first-order valence-electron chi connectivity index (χ1n) is 5.51. The number of carboxylic acids is 1. The molecule has 1 unspecified atom stereocenters. The molecule has 2 N–H and O–H groups in total. The lowest BCUT2D eigenvalue weighted by atomic mass is 9.85. The van der Waals surface area contributed by atoms with Gasteiger partial charge in [-0.3, -0.25) is 4.79 Å². The number of thiophene rings is 1.